The van der Waals surface area contributed by atoms with Crippen LogP contribution in [0.5, 0.6) is 0 Å². The Balaban J connectivity index is 1.57. The van der Waals surface area contributed by atoms with E-state index < -0.39 is 11.7 Å². The van der Waals surface area contributed by atoms with Crippen LogP contribution >= 0.6 is 0 Å². The highest BCUT2D eigenvalue weighted by Crippen LogP contribution is 2.19. The van der Waals surface area contributed by atoms with Crippen molar-refractivity contribution in [3.05, 3.63) is 30.7 Å². The second kappa shape index (κ2) is 7.30. The van der Waals surface area contributed by atoms with E-state index in [-0.39, 0.29) is 5.89 Å². The van der Waals surface area contributed by atoms with Gasteiger partial charge in [-0.05, 0) is 32.9 Å². The standard InChI is InChI=1S/C16H19N7O3/c1-16(2,3)25-15(24)18-7-8-23-10-12(20-22-23)14-19-13(21-26-14)11-5-4-6-17-9-11/h4-6,9-10H,7-8H2,1-3H3,(H,18,24). The fraction of sp³-hybridized carbons (Fsp3) is 0.375. The summed E-state index contributed by atoms with van der Waals surface area (Å²) in [5.74, 6) is 0.685. The zero-order valence-corrected chi connectivity index (χ0v) is 14.7. The van der Waals surface area contributed by atoms with Gasteiger partial charge in [-0.3, -0.25) is 4.98 Å². The predicted molar refractivity (Wildman–Crippen MR) is 90.8 cm³/mol. The van der Waals surface area contributed by atoms with Gasteiger partial charge in [0.1, 0.15) is 5.60 Å². The van der Waals surface area contributed by atoms with Gasteiger partial charge in [0, 0.05) is 24.5 Å². The molecule has 0 saturated carbocycles. The SMILES string of the molecule is CC(C)(C)OC(=O)NCCn1cc(-c2nc(-c3cccnc3)no2)nn1. The van der Waals surface area contributed by atoms with Crippen LogP contribution in [-0.4, -0.2) is 48.4 Å². The molecular formula is C16H19N7O3. The molecule has 26 heavy (non-hydrogen) atoms. The Hall–Kier alpha value is -3.30. The van der Waals surface area contributed by atoms with E-state index >= 15 is 0 Å². The number of nitrogens with zero attached hydrogens (tertiary/aromatic N) is 6. The van der Waals surface area contributed by atoms with Crippen LogP contribution in [0.2, 0.25) is 0 Å². The van der Waals surface area contributed by atoms with Gasteiger partial charge in [-0.15, -0.1) is 5.10 Å². The van der Waals surface area contributed by atoms with Crippen molar-refractivity contribution in [3.63, 3.8) is 0 Å². The van der Waals surface area contributed by atoms with Gasteiger partial charge in [0.15, 0.2) is 5.69 Å². The monoisotopic (exact) mass is 357 g/mol. The lowest BCUT2D eigenvalue weighted by atomic mass is 10.2. The van der Waals surface area contributed by atoms with Crippen LogP contribution in [0.4, 0.5) is 4.79 Å². The minimum Gasteiger partial charge on any atom is -0.444 e. The molecule has 3 aromatic rings. The van der Waals surface area contributed by atoms with Crippen molar-refractivity contribution in [2.75, 3.05) is 6.54 Å². The number of carbonyl (C=O) groups excluding carboxylic acids is 1. The lowest BCUT2D eigenvalue weighted by Crippen LogP contribution is -2.34. The maximum Gasteiger partial charge on any atom is 0.407 e. The molecule has 0 unspecified atom stereocenters. The molecule has 10 heteroatoms. The molecule has 0 atom stereocenters. The molecule has 1 N–H and O–H groups in total. The summed E-state index contributed by atoms with van der Waals surface area (Å²) in [6.45, 7) is 6.19. The molecule has 0 spiro atoms. The van der Waals surface area contributed by atoms with Crippen molar-refractivity contribution in [1.82, 2.24) is 35.4 Å². The average Bonchev–Trinajstić information content (AvgIpc) is 3.23. The highest BCUT2D eigenvalue weighted by molar-refractivity contribution is 5.67. The lowest BCUT2D eigenvalue weighted by Gasteiger charge is -2.19. The quantitative estimate of drug-likeness (QED) is 0.735. The van der Waals surface area contributed by atoms with E-state index in [0.717, 1.165) is 5.56 Å². The summed E-state index contributed by atoms with van der Waals surface area (Å²) in [6.07, 6.45) is 4.50. The Morgan fingerprint density at radius 3 is 2.96 bits per heavy atom. The van der Waals surface area contributed by atoms with Crippen LogP contribution < -0.4 is 5.32 Å². The summed E-state index contributed by atoms with van der Waals surface area (Å²) in [5, 5.41) is 14.6. The van der Waals surface area contributed by atoms with E-state index in [2.05, 4.69) is 30.8 Å². The van der Waals surface area contributed by atoms with Gasteiger partial charge in [0.05, 0.1) is 12.7 Å². The molecule has 0 saturated heterocycles. The fourth-order valence-electron chi connectivity index (χ4n) is 2.03. The summed E-state index contributed by atoms with van der Waals surface area (Å²) in [5.41, 5.74) is 0.662. The van der Waals surface area contributed by atoms with Crippen LogP contribution in [0.15, 0.2) is 35.2 Å². The van der Waals surface area contributed by atoms with Crippen molar-refractivity contribution in [1.29, 1.82) is 0 Å². The summed E-state index contributed by atoms with van der Waals surface area (Å²) in [4.78, 5) is 19.9. The lowest BCUT2D eigenvalue weighted by molar-refractivity contribution is 0.0525. The molecule has 3 rings (SSSR count). The van der Waals surface area contributed by atoms with Crippen molar-refractivity contribution < 1.29 is 14.1 Å². The fourth-order valence-corrected chi connectivity index (χ4v) is 2.03. The Morgan fingerprint density at radius 2 is 2.23 bits per heavy atom. The molecule has 3 aromatic heterocycles. The average molecular weight is 357 g/mol. The van der Waals surface area contributed by atoms with Gasteiger partial charge >= 0.3 is 6.09 Å². The molecule has 3 heterocycles. The molecule has 136 valence electrons. The molecule has 0 aliphatic carbocycles. The summed E-state index contributed by atoms with van der Waals surface area (Å²) in [7, 11) is 0. The molecular weight excluding hydrogens is 338 g/mol. The molecule has 0 aromatic carbocycles. The van der Waals surface area contributed by atoms with E-state index in [4.69, 9.17) is 9.26 Å². The van der Waals surface area contributed by atoms with Gasteiger partial charge in [0.2, 0.25) is 5.82 Å². The van der Waals surface area contributed by atoms with E-state index in [0.29, 0.717) is 24.6 Å². The molecule has 0 fully saturated rings. The minimum absolute atomic E-state index is 0.259. The zero-order chi connectivity index (χ0) is 18.6. The first-order chi connectivity index (χ1) is 12.4. The Kier molecular flexibility index (Phi) is 4.92. The normalized spacial score (nSPS) is 11.3. The topological polar surface area (TPSA) is 121 Å². The van der Waals surface area contributed by atoms with Gasteiger partial charge < -0.3 is 14.6 Å². The largest absolute Gasteiger partial charge is 0.444 e. The third-order valence-electron chi connectivity index (χ3n) is 3.11. The van der Waals surface area contributed by atoms with Crippen molar-refractivity contribution in [3.8, 4) is 23.0 Å². The van der Waals surface area contributed by atoms with Crippen LogP contribution in [0.3, 0.4) is 0 Å². The van der Waals surface area contributed by atoms with Crippen molar-refractivity contribution in [2.24, 2.45) is 0 Å². The second-order valence-electron chi connectivity index (χ2n) is 6.46. The first-order valence-electron chi connectivity index (χ1n) is 8.02. The third kappa shape index (κ3) is 4.62. The maximum atomic E-state index is 11.6. The van der Waals surface area contributed by atoms with Crippen LogP contribution in [-0.2, 0) is 11.3 Å². The zero-order valence-electron chi connectivity index (χ0n) is 14.7. The number of carbonyl (C=O) groups is 1. The van der Waals surface area contributed by atoms with E-state index in [9.17, 15) is 4.79 Å². The maximum absolute atomic E-state index is 11.6. The molecule has 1 amide bonds. The summed E-state index contributed by atoms with van der Waals surface area (Å²) < 4.78 is 12.0. The summed E-state index contributed by atoms with van der Waals surface area (Å²) in [6, 6.07) is 3.63. The number of hydrogen-bond acceptors (Lipinski definition) is 8. The van der Waals surface area contributed by atoms with Crippen molar-refractivity contribution in [2.45, 2.75) is 32.9 Å². The number of ether oxygens (including phenoxy) is 1. The van der Waals surface area contributed by atoms with Crippen LogP contribution in [0.25, 0.3) is 23.0 Å². The van der Waals surface area contributed by atoms with Gasteiger partial charge in [0.25, 0.3) is 5.89 Å². The number of nitrogens with one attached hydrogen (secondary N) is 1. The van der Waals surface area contributed by atoms with E-state index in [1.54, 1.807) is 50.1 Å². The molecule has 0 radical (unpaired) electrons. The third-order valence-corrected chi connectivity index (χ3v) is 3.11. The Bertz CT molecular complexity index is 867. The highest BCUT2D eigenvalue weighted by atomic mass is 16.6. The molecule has 10 nitrogen and oxygen atoms in total. The predicted octanol–water partition coefficient (Wildman–Crippen LogP) is 1.91. The van der Waals surface area contributed by atoms with Gasteiger partial charge in [-0.25, -0.2) is 9.48 Å². The number of hydrogen-bond donors (Lipinski definition) is 1. The smallest absolute Gasteiger partial charge is 0.407 e. The molecule has 0 aliphatic rings. The van der Waals surface area contributed by atoms with Gasteiger partial charge in [-0.1, -0.05) is 10.4 Å². The molecule has 0 aliphatic heterocycles. The number of pyridine rings is 1. The van der Waals surface area contributed by atoms with E-state index in [1.807, 2.05) is 6.07 Å². The second-order valence-corrected chi connectivity index (χ2v) is 6.46. The van der Waals surface area contributed by atoms with Crippen LogP contribution in [0.1, 0.15) is 20.8 Å². The highest BCUT2D eigenvalue weighted by Gasteiger charge is 2.16. The minimum atomic E-state index is -0.533. The first kappa shape index (κ1) is 17.5. The number of rotatable bonds is 5. The summed E-state index contributed by atoms with van der Waals surface area (Å²) >= 11 is 0. The van der Waals surface area contributed by atoms with E-state index in [1.165, 1.54) is 0 Å². The van der Waals surface area contributed by atoms with Crippen LogP contribution in [0, 0.1) is 0 Å². The Labute approximate surface area is 149 Å². The number of amides is 1. The first-order valence-corrected chi connectivity index (χ1v) is 8.02. The number of alkyl carbamates (subject to hydrolysis) is 1. The van der Waals surface area contributed by atoms with Crippen molar-refractivity contribution >= 4 is 6.09 Å². The Morgan fingerprint density at radius 1 is 1.38 bits per heavy atom. The molecule has 0 bridgehead atoms. The number of aromatic nitrogens is 6. The van der Waals surface area contributed by atoms with Gasteiger partial charge in [-0.2, -0.15) is 4.98 Å².